The number of hydrogen-bond donors (Lipinski definition) is 3. The number of anilines is 2. The number of hydrogen-bond acceptors (Lipinski definition) is 7. The second-order valence-electron chi connectivity index (χ2n) is 10.5. The number of amidine groups is 1. The van der Waals surface area contributed by atoms with Gasteiger partial charge in [-0.05, 0) is 77.4 Å². The molecule has 12 heteroatoms. The maximum atomic E-state index is 13.4. The van der Waals surface area contributed by atoms with Crippen molar-refractivity contribution in [1.82, 2.24) is 10.2 Å². The highest BCUT2D eigenvalue weighted by molar-refractivity contribution is 14.2. The summed E-state index contributed by atoms with van der Waals surface area (Å²) >= 11 is 5.59. The Balaban J connectivity index is 1.67. The lowest BCUT2D eigenvalue weighted by Gasteiger charge is -2.22. The first-order chi connectivity index (χ1) is 19.4. The van der Waals surface area contributed by atoms with Gasteiger partial charge in [-0.2, -0.15) is 0 Å². The lowest BCUT2D eigenvalue weighted by molar-refractivity contribution is 0.0717. The van der Waals surface area contributed by atoms with Gasteiger partial charge >= 0.3 is 0 Å². The van der Waals surface area contributed by atoms with E-state index in [2.05, 4.69) is 20.5 Å². The normalized spacial score (nSPS) is 18.1. The fourth-order valence-corrected chi connectivity index (χ4v) is 6.89. The van der Waals surface area contributed by atoms with E-state index in [1.54, 1.807) is 45.0 Å². The molecule has 1 fully saturated rings. The van der Waals surface area contributed by atoms with Gasteiger partial charge < -0.3 is 25.6 Å². The number of rotatable bonds is 10. The average molecular weight is 714 g/mol. The van der Waals surface area contributed by atoms with E-state index in [-0.39, 0.29) is 22.9 Å². The Morgan fingerprint density at radius 2 is 1.93 bits per heavy atom. The minimum atomic E-state index is -3.55. The van der Waals surface area contributed by atoms with Crippen LogP contribution in [0, 0.1) is 0 Å². The van der Waals surface area contributed by atoms with E-state index in [9.17, 15) is 13.2 Å². The molecule has 222 valence electrons. The molecule has 1 atom stereocenters. The Labute approximate surface area is 257 Å². The van der Waals surface area contributed by atoms with Crippen molar-refractivity contribution in [3.8, 4) is 5.75 Å². The van der Waals surface area contributed by atoms with Crippen molar-refractivity contribution < 1.29 is 17.9 Å². The van der Waals surface area contributed by atoms with E-state index < -0.39 is 35.8 Å². The maximum absolute atomic E-state index is 13.4. The van der Waals surface area contributed by atoms with Gasteiger partial charge in [-0.25, -0.2) is 13.4 Å². The molecule has 2 heterocycles. The number of allylic oxidation sites excluding steroid dienone is 1. The van der Waals surface area contributed by atoms with Crippen LogP contribution in [0.3, 0.4) is 0 Å². The van der Waals surface area contributed by atoms with Crippen molar-refractivity contribution in [3.05, 3.63) is 58.4 Å². The molecule has 3 N–H and O–H groups in total. The van der Waals surface area contributed by atoms with Gasteiger partial charge in [-0.3, -0.25) is 4.79 Å². The number of nitrogens with zero attached hydrogens (tertiary/aromatic N) is 2. The van der Waals surface area contributed by atoms with E-state index in [4.69, 9.17) is 21.3 Å². The standard InChI is InChI=1S/C29H37ClIN5O4S/c1-17(2)40-25-13-20-16-36(21-11-12-32-15-21)28(37)22(20)14-24(25)34-29(31-6)35-27(19(5)30)33-23-9-7-8-10-26(23)41(38,39)18(3)4/h7-10,13-14,17-18,21,32-33H,6,11-12,15-16H2,1-5H3,(H,34,35)/b27-19+/t21-/m1/s1. The molecule has 2 aliphatic rings. The lowest BCUT2D eigenvalue weighted by Crippen LogP contribution is -2.36. The Bertz CT molecular complexity index is 1500. The summed E-state index contributed by atoms with van der Waals surface area (Å²) in [5.41, 5.74) is 2.59. The van der Waals surface area contributed by atoms with Gasteiger partial charge in [0.15, 0.2) is 13.7 Å². The molecule has 4 rings (SSSR count). The van der Waals surface area contributed by atoms with Crippen molar-refractivity contribution in [2.45, 2.75) is 69.9 Å². The zero-order valence-corrected chi connectivity index (χ0v) is 27.7. The molecule has 0 aromatic heterocycles. The molecule has 2 aromatic carbocycles. The molecule has 1 amide bonds. The summed E-state index contributed by atoms with van der Waals surface area (Å²) < 4.78 is 36.8. The molecular formula is C29H37ClIN5O4S. The molecule has 0 saturated carbocycles. The van der Waals surface area contributed by atoms with Crippen LogP contribution in [0.25, 0.3) is 0 Å². The molecule has 9 nitrogen and oxygen atoms in total. The van der Waals surface area contributed by atoms with Crippen molar-refractivity contribution in [2.75, 3.05) is 23.7 Å². The summed E-state index contributed by atoms with van der Waals surface area (Å²) in [4.78, 5) is 20.2. The van der Waals surface area contributed by atoms with E-state index in [0.717, 1.165) is 25.1 Å². The number of para-hydroxylation sites is 1. The fourth-order valence-electron chi connectivity index (χ4n) is 4.70. The Kier molecular flexibility index (Phi) is 10.1. The minimum absolute atomic E-state index is 0.0116. The topological polar surface area (TPSA) is 112 Å². The van der Waals surface area contributed by atoms with Crippen molar-refractivity contribution in [1.29, 1.82) is 0 Å². The second-order valence-corrected chi connectivity index (χ2v) is 15.3. The monoisotopic (exact) mass is 713 g/mol. The number of ether oxygens (including phenoxy) is 1. The number of carbonyl (C=O) groups is 1. The highest BCUT2D eigenvalue weighted by Gasteiger charge is 2.35. The largest absolute Gasteiger partial charge is 0.489 e. The lowest BCUT2D eigenvalue weighted by atomic mass is 10.1. The summed E-state index contributed by atoms with van der Waals surface area (Å²) in [5.74, 6) is 0.933. The molecule has 0 bridgehead atoms. The first kappa shape index (κ1) is 31.5. The van der Waals surface area contributed by atoms with Gasteiger partial charge in [0.2, 0.25) is 0 Å². The number of aliphatic imine (C=N–C) groups is 1. The fraction of sp³-hybridized carbons (Fsp3) is 0.414. The molecule has 0 spiro atoms. The van der Waals surface area contributed by atoms with E-state index in [0.29, 0.717) is 43.9 Å². The third-order valence-corrected chi connectivity index (χ3v) is 10.5. The predicted molar refractivity (Wildman–Crippen MR) is 176 cm³/mol. The van der Waals surface area contributed by atoms with E-state index in [1.807, 2.05) is 30.9 Å². The van der Waals surface area contributed by atoms with E-state index >= 15 is 0 Å². The van der Waals surface area contributed by atoms with Crippen LogP contribution in [0.1, 0.15) is 57.0 Å². The average Bonchev–Trinajstić information content (AvgIpc) is 3.55. The van der Waals surface area contributed by atoms with Crippen molar-refractivity contribution in [3.63, 3.8) is 0 Å². The molecular weight excluding hydrogens is 677 g/mol. The van der Waals surface area contributed by atoms with E-state index in [1.165, 1.54) is 0 Å². The summed E-state index contributed by atoms with van der Waals surface area (Å²) in [6.45, 7) is 11.1. The van der Waals surface area contributed by atoms with Gasteiger partial charge in [0, 0.05) is 24.7 Å². The van der Waals surface area contributed by atoms with Gasteiger partial charge in [0.1, 0.15) is 11.6 Å². The van der Waals surface area contributed by atoms with Gasteiger partial charge in [-0.1, -0.05) is 49.0 Å². The molecule has 41 heavy (non-hydrogen) atoms. The molecule has 0 aliphatic carbocycles. The SMILES string of the molecule is C=IC(=N/C(Nc1ccccc1S(=O)(=O)C(C)C)=C(\C)Cl)Nc1cc2c(cc1OC(C)C)CN([C@@H]1CCNC1)C2=O. The van der Waals surface area contributed by atoms with Gasteiger partial charge in [-0.15, -0.1) is 0 Å². The Hall–Kier alpha value is -2.48. The summed E-state index contributed by atoms with van der Waals surface area (Å²) in [7, 11) is -3.55. The van der Waals surface area contributed by atoms with Crippen LogP contribution in [-0.4, -0.2) is 58.1 Å². The number of amides is 1. The summed E-state index contributed by atoms with van der Waals surface area (Å²) in [5, 5.41) is 9.56. The number of carbonyl (C=O) groups excluding carboxylic acids is 1. The smallest absolute Gasteiger partial charge is 0.254 e. The summed E-state index contributed by atoms with van der Waals surface area (Å²) in [6.07, 6.45) is 0.849. The van der Waals surface area contributed by atoms with Crippen LogP contribution in [0.2, 0.25) is 0 Å². The minimum Gasteiger partial charge on any atom is -0.489 e. The molecule has 0 unspecified atom stereocenters. The molecule has 2 aliphatic heterocycles. The summed E-state index contributed by atoms with van der Waals surface area (Å²) in [6, 6.07) is 10.6. The first-order valence-corrected chi connectivity index (χ1v) is 18.0. The zero-order valence-electron chi connectivity index (χ0n) is 23.9. The Morgan fingerprint density at radius 1 is 1.20 bits per heavy atom. The maximum Gasteiger partial charge on any atom is 0.254 e. The number of benzene rings is 2. The third kappa shape index (κ3) is 7.12. The second kappa shape index (κ2) is 13.2. The third-order valence-electron chi connectivity index (χ3n) is 6.84. The van der Waals surface area contributed by atoms with Crippen LogP contribution in [0.4, 0.5) is 11.4 Å². The van der Waals surface area contributed by atoms with Crippen LogP contribution >= 0.6 is 32.3 Å². The number of nitrogens with one attached hydrogen (secondary N) is 3. The van der Waals surface area contributed by atoms with Crippen molar-refractivity contribution >= 4 is 67.8 Å². The van der Waals surface area contributed by atoms with Gasteiger partial charge in [0.05, 0.1) is 32.7 Å². The first-order valence-electron chi connectivity index (χ1n) is 13.5. The zero-order chi connectivity index (χ0) is 29.9. The van der Waals surface area contributed by atoms with Crippen LogP contribution in [0.15, 0.2) is 57.1 Å². The molecule has 2 aromatic rings. The van der Waals surface area contributed by atoms with Crippen LogP contribution in [0.5, 0.6) is 5.75 Å². The highest BCUT2D eigenvalue weighted by atomic mass is 127. The van der Waals surface area contributed by atoms with Gasteiger partial charge in [0.25, 0.3) is 5.91 Å². The van der Waals surface area contributed by atoms with Crippen LogP contribution < -0.4 is 20.7 Å². The number of halogens is 2. The highest BCUT2D eigenvalue weighted by Crippen LogP contribution is 2.36. The Morgan fingerprint density at radius 3 is 2.54 bits per heavy atom. The van der Waals surface area contributed by atoms with Crippen LogP contribution in [-0.2, 0) is 16.4 Å². The molecule has 0 radical (unpaired) electrons. The predicted octanol–water partition coefficient (Wildman–Crippen LogP) is 5.68. The van der Waals surface area contributed by atoms with Crippen molar-refractivity contribution in [2.24, 2.45) is 4.99 Å². The molecule has 1 saturated heterocycles. The number of sulfone groups is 1. The number of fused-ring (bicyclic) bond motifs is 1. The quantitative estimate of drug-likeness (QED) is 0.126.